The molecule has 0 atom stereocenters. The summed E-state index contributed by atoms with van der Waals surface area (Å²) in [6.07, 6.45) is 0. The zero-order valence-corrected chi connectivity index (χ0v) is 8.51. The molecule has 3 N–H and O–H groups in total. The van der Waals surface area contributed by atoms with Crippen LogP contribution in [0.4, 0.5) is 0 Å². The predicted octanol–water partition coefficient (Wildman–Crippen LogP) is 1.43. The fourth-order valence-corrected chi connectivity index (χ4v) is 1.92. The van der Waals surface area contributed by atoms with Crippen molar-refractivity contribution < 1.29 is 0 Å². The van der Waals surface area contributed by atoms with Crippen molar-refractivity contribution in [2.24, 2.45) is 12.8 Å². The highest BCUT2D eigenvalue weighted by atomic mass is 32.1. The van der Waals surface area contributed by atoms with E-state index in [0.29, 0.717) is 5.69 Å². The van der Waals surface area contributed by atoms with Crippen LogP contribution in [-0.2, 0) is 7.05 Å². The van der Waals surface area contributed by atoms with E-state index >= 15 is 0 Å². The molecule has 0 aromatic carbocycles. The molecule has 2 rings (SSSR count). The fourth-order valence-electron chi connectivity index (χ4n) is 1.27. The normalized spacial score (nSPS) is 10.4. The molecule has 0 spiro atoms. The summed E-state index contributed by atoms with van der Waals surface area (Å²) in [5.41, 5.74) is 7.98. The molecule has 0 aliphatic carbocycles. The molecule has 0 saturated heterocycles. The Kier molecular flexibility index (Phi) is 2.09. The van der Waals surface area contributed by atoms with Gasteiger partial charge in [0.05, 0.1) is 5.69 Å². The smallest absolute Gasteiger partial charge is 0.141 e. The molecular weight excluding hydrogens is 196 g/mol. The molecule has 14 heavy (non-hydrogen) atoms. The molecule has 2 aromatic rings. The van der Waals surface area contributed by atoms with Crippen molar-refractivity contribution >= 4 is 17.2 Å². The lowest BCUT2D eigenvalue weighted by molar-refractivity contribution is 0.761. The fraction of sp³-hybridized carbons (Fsp3) is 0.111. The van der Waals surface area contributed by atoms with E-state index < -0.39 is 0 Å². The molecule has 0 bridgehead atoms. The predicted molar refractivity (Wildman–Crippen MR) is 57.5 cm³/mol. The maximum Gasteiger partial charge on any atom is 0.141 e. The Balaban J connectivity index is 2.48. The lowest BCUT2D eigenvalue weighted by atomic mass is 10.2. The van der Waals surface area contributed by atoms with E-state index in [9.17, 15) is 0 Å². The van der Waals surface area contributed by atoms with Crippen LogP contribution in [0.5, 0.6) is 0 Å². The number of nitrogens with two attached hydrogens (primary N) is 1. The van der Waals surface area contributed by atoms with Gasteiger partial charge in [0.15, 0.2) is 0 Å². The summed E-state index contributed by atoms with van der Waals surface area (Å²) in [4.78, 5) is 0. The van der Waals surface area contributed by atoms with E-state index in [2.05, 4.69) is 5.10 Å². The van der Waals surface area contributed by atoms with Gasteiger partial charge in [0.1, 0.15) is 11.5 Å². The van der Waals surface area contributed by atoms with Gasteiger partial charge in [0, 0.05) is 18.0 Å². The van der Waals surface area contributed by atoms with Gasteiger partial charge in [0.25, 0.3) is 0 Å². The third-order valence-electron chi connectivity index (χ3n) is 1.97. The summed E-state index contributed by atoms with van der Waals surface area (Å²) in [6, 6.07) is 3.82. The van der Waals surface area contributed by atoms with Crippen LogP contribution in [0, 0.1) is 5.41 Å². The first-order valence-electron chi connectivity index (χ1n) is 4.09. The third kappa shape index (κ3) is 1.42. The lowest BCUT2D eigenvalue weighted by Crippen LogP contribution is -2.15. The van der Waals surface area contributed by atoms with Crippen molar-refractivity contribution in [3.63, 3.8) is 0 Å². The van der Waals surface area contributed by atoms with Crippen LogP contribution in [0.1, 0.15) is 5.69 Å². The minimum absolute atomic E-state index is 0.0430. The average molecular weight is 206 g/mol. The number of thiophene rings is 1. The Morgan fingerprint density at radius 1 is 1.64 bits per heavy atom. The molecule has 72 valence electrons. The summed E-state index contributed by atoms with van der Waals surface area (Å²) >= 11 is 1.62. The lowest BCUT2D eigenvalue weighted by Gasteiger charge is -1.95. The quantitative estimate of drug-likeness (QED) is 0.576. The van der Waals surface area contributed by atoms with Crippen molar-refractivity contribution in [2.45, 2.75) is 0 Å². The topological polar surface area (TPSA) is 67.7 Å². The van der Waals surface area contributed by atoms with E-state index in [-0.39, 0.29) is 5.84 Å². The standard InChI is InChI=1S/C9H10N4S/c1-13-8(9(10)11)4-7(12-13)6-2-3-14-5-6/h2-5H,1H3,(H3,10,11). The highest BCUT2D eigenvalue weighted by molar-refractivity contribution is 7.08. The first-order valence-corrected chi connectivity index (χ1v) is 5.04. The van der Waals surface area contributed by atoms with Crippen LogP contribution >= 0.6 is 11.3 Å². The molecule has 2 aromatic heterocycles. The van der Waals surface area contributed by atoms with Crippen LogP contribution in [0.25, 0.3) is 11.3 Å². The van der Waals surface area contributed by atoms with Gasteiger partial charge in [-0.1, -0.05) is 0 Å². The summed E-state index contributed by atoms with van der Waals surface area (Å²) < 4.78 is 1.62. The number of aromatic nitrogens is 2. The first-order chi connectivity index (χ1) is 6.68. The molecule has 5 heteroatoms. The van der Waals surface area contributed by atoms with E-state index in [1.165, 1.54) is 0 Å². The van der Waals surface area contributed by atoms with Crippen LogP contribution in [0.3, 0.4) is 0 Å². The van der Waals surface area contributed by atoms with Crippen molar-refractivity contribution in [3.05, 3.63) is 28.6 Å². The van der Waals surface area contributed by atoms with E-state index in [0.717, 1.165) is 11.3 Å². The highest BCUT2D eigenvalue weighted by Crippen LogP contribution is 2.21. The number of nitrogen functional groups attached to an aromatic ring is 1. The largest absolute Gasteiger partial charge is 0.382 e. The van der Waals surface area contributed by atoms with Gasteiger partial charge >= 0.3 is 0 Å². The van der Waals surface area contributed by atoms with Gasteiger partial charge in [-0.25, -0.2) is 0 Å². The van der Waals surface area contributed by atoms with E-state index in [1.54, 1.807) is 23.1 Å². The Morgan fingerprint density at radius 3 is 2.93 bits per heavy atom. The number of amidine groups is 1. The summed E-state index contributed by atoms with van der Waals surface area (Å²) in [5.74, 6) is 0.0430. The number of rotatable bonds is 2. The number of hydrogen-bond acceptors (Lipinski definition) is 3. The van der Waals surface area contributed by atoms with E-state index in [1.807, 2.05) is 22.9 Å². The molecule has 0 saturated carbocycles. The summed E-state index contributed by atoms with van der Waals surface area (Å²) in [5, 5.41) is 15.6. The highest BCUT2D eigenvalue weighted by Gasteiger charge is 2.08. The second kappa shape index (κ2) is 3.26. The van der Waals surface area contributed by atoms with Crippen molar-refractivity contribution in [3.8, 4) is 11.3 Å². The Hall–Kier alpha value is -1.62. The molecule has 4 nitrogen and oxygen atoms in total. The second-order valence-electron chi connectivity index (χ2n) is 2.96. The first kappa shape index (κ1) is 8.96. The minimum atomic E-state index is 0.0430. The van der Waals surface area contributed by atoms with E-state index in [4.69, 9.17) is 11.1 Å². The SMILES string of the molecule is Cn1nc(-c2ccsc2)cc1C(=N)N. The monoisotopic (exact) mass is 206 g/mol. The van der Waals surface area contributed by atoms with Gasteiger partial charge in [0.2, 0.25) is 0 Å². The molecule has 0 aliphatic rings. The second-order valence-corrected chi connectivity index (χ2v) is 3.74. The molecule has 0 radical (unpaired) electrons. The van der Waals surface area contributed by atoms with Gasteiger partial charge in [-0.15, -0.1) is 0 Å². The number of nitrogens with zero attached hydrogens (tertiary/aromatic N) is 2. The van der Waals surface area contributed by atoms with Crippen molar-refractivity contribution in [1.82, 2.24) is 9.78 Å². The molecule has 0 fully saturated rings. The molecular formula is C9H10N4S. The van der Waals surface area contributed by atoms with Gasteiger partial charge in [-0.3, -0.25) is 10.1 Å². The molecule has 0 aliphatic heterocycles. The molecule has 2 heterocycles. The Labute approximate surface area is 85.5 Å². The Bertz CT molecular complexity index is 455. The van der Waals surface area contributed by atoms with Crippen LogP contribution < -0.4 is 5.73 Å². The van der Waals surface area contributed by atoms with Crippen LogP contribution in [0.15, 0.2) is 22.9 Å². The maximum atomic E-state index is 7.33. The molecule has 0 unspecified atom stereocenters. The zero-order chi connectivity index (χ0) is 10.1. The van der Waals surface area contributed by atoms with Crippen LogP contribution in [-0.4, -0.2) is 15.6 Å². The molecule has 0 amide bonds. The maximum absolute atomic E-state index is 7.33. The third-order valence-corrected chi connectivity index (χ3v) is 2.66. The Morgan fingerprint density at radius 2 is 2.43 bits per heavy atom. The van der Waals surface area contributed by atoms with Crippen molar-refractivity contribution in [2.75, 3.05) is 0 Å². The van der Waals surface area contributed by atoms with Crippen LogP contribution in [0.2, 0.25) is 0 Å². The minimum Gasteiger partial charge on any atom is -0.382 e. The van der Waals surface area contributed by atoms with Crippen molar-refractivity contribution in [1.29, 1.82) is 5.41 Å². The average Bonchev–Trinajstić information content (AvgIpc) is 2.70. The number of hydrogen-bond donors (Lipinski definition) is 2. The summed E-state index contributed by atoms with van der Waals surface area (Å²) in [7, 11) is 1.78. The number of aryl methyl sites for hydroxylation is 1. The number of nitrogens with one attached hydrogen (secondary N) is 1. The van der Waals surface area contributed by atoms with Gasteiger partial charge in [-0.05, 0) is 17.5 Å². The zero-order valence-electron chi connectivity index (χ0n) is 7.69. The van der Waals surface area contributed by atoms with Gasteiger partial charge < -0.3 is 5.73 Å². The van der Waals surface area contributed by atoms with Gasteiger partial charge in [-0.2, -0.15) is 16.4 Å². The summed E-state index contributed by atoms with van der Waals surface area (Å²) in [6.45, 7) is 0.